The van der Waals surface area contributed by atoms with Crippen molar-refractivity contribution in [1.29, 1.82) is 0 Å². The summed E-state index contributed by atoms with van der Waals surface area (Å²) >= 11 is 0. The molecule has 3 aliphatic heterocycles. The molecule has 0 radical (unpaired) electrons. The van der Waals surface area contributed by atoms with Crippen LogP contribution in [0.4, 0.5) is 14.9 Å². The molecule has 4 rings (SSSR count). The molecule has 7 nitrogen and oxygen atoms in total. The van der Waals surface area contributed by atoms with Crippen LogP contribution in [0.1, 0.15) is 26.7 Å². The number of halogens is 1. The summed E-state index contributed by atoms with van der Waals surface area (Å²) < 4.78 is 13.4. The maximum atomic E-state index is 13.4. The molecule has 0 aliphatic carbocycles. The Morgan fingerprint density at radius 2 is 1.89 bits per heavy atom. The molecule has 152 valence electrons. The van der Waals surface area contributed by atoms with Gasteiger partial charge >= 0.3 is 6.03 Å². The average molecular weight is 389 g/mol. The molecule has 0 aromatic heterocycles. The molecule has 1 aromatic rings. The van der Waals surface area contributed by atoms with Gasteiger partial charge in [0.25, 0.3) is 5.91 Å². The fraction of sp³-hybridized carbons (Fsp3) is 0.600. The number of imide groups is 1. The lowest BCUT2D eigenvalue weighted by molar-refractivity contribution is -0.138. The van der Waals surface area contributed by atoms with E-state index in [0.717, 1.165) is 31.6 Å². The summed E-state index contributed by atoms with van der Waals surface area (Å²) in [6, 6.07) is 5.78. The third-order valence-electron chi connectivity index (χ3n) is 5.98. The smallest absolute Gasteiger partial charge is 0.327 e. The van der Waals surface area contributed by atoms with Gasteiger partial charge in [0, 0.05) is 32.4 Å². The van der Waals surface area contributed by atoms with Crippen LogP contribution in [-0.4, -0.2) is 71.8 Å². The van der Waals surface area contributed by atoms with E-state index >= 15 is 0 Å². The summed E-state index contributed by atoms with van der Waals surface area (Å²) in [4.78, 5) is 33.4. The fourth-order valence-corrected chi connectivity index (χ4v) is 4.57. The van der Waals surface area contributed by atoms with Crippen LogP contribution in [0.15, 0.2) is 24.3 Å². The highest BCUT2D eigenvalue weighted by molar-refractivity contribution is 6.00. The molecule has 3 amide bonds. The largest absolute Gasteiger partial charge is 0.343 e. The van der Waals surface area contributed by atoms with E-state index in [4.69, 9.17) is 0 Å². The summed E-state index contributed by atoms with van der Waals surface area (Å²) in [5, 5.41) is 3.48. The van der Waals surface area contributed by atoms with Gasteiger partial charge in [-0.25, -0.2) is 9.18 Å². The summed E-state index contributed by atoms with van der Waals surface area (Å²) in [7, 11) is 1.75. The average Bonchev–Trinajstić information content (AvgIpc) is 3.06. The highest BCUT2D eigenvalue weighted by Crippen LogP contribution is 2.34. The lowest BCUT2D eigenvalue weighted by Crippen LogP contribution is -2.66. The van der Waals surface area contributed by atoms with E-state index in [1.165, 1.54) is 17.0 Å². The predicted octanol–water partition coefficient (Wildman–Crippen LogP) is 1.86. The molecule has 0 bridgehead atoms. The molecule has 4 atom stereocenters. The second-order valence-electron chi connectivity index (χ2n) is 8.10. The van der Waals surface area contributed by atoms with E-state index in [2.05, 4.69) is 22.0 Å². The number of carbonyl (C=O) groups is 2. The van der Waals surface area contributed by atoms with Crippen molar-refractivity contribution in [1.82, 2.24) is 20.0 Å². The first-order chi connectivity index (χ1) is 13.4. The van der Waals surface area contributed by atoms with Crippen molar-refractivity contribution < 1.29 is 14.0 Å². The lowest BCUT2D eigenvalue weighted by atomic mass is 10.0. The van der Waals surface area contributed by atoms with Crippen molar-refractivity contribution in [3.63, 3.8) is 0 Å². The van der Waals surface area contributed by atoms with Crippen molar-refractivity contribution in [2.24, 2.45) is 5.92 Å². The summed E-state index contributed by atoms with van der Waals surface area (Å²) in [5.74, 6) is -0.0582. The SMILES string of the molecule is CCCCN1C(=O)C2C(NC3N(c4ccc(F)cc4)CC(C)CN23)N(C)C1=O. The number of nitrogens with zero attached hydrogens (tertiary/aromatic N) is 4. The Labute approximate surface area is 165 Å². The van der Waals surface area contributed by atoms with Gasteiger partial charge < -0.3 is 9.80 Å². The zero-order valence-corrected chi connectivity index (χ0v) is 16.6. The first-order valence-corrected chi connectivity index (χ1v) is 10.0. The number of carbonyl (C=O) groups excluding carboxylic acids is 2. The summed E-state index contributed by atoms with van der Waals surface area (Å²) in [5.41, 5.74) is 0.901. The molecular weight excluding hydrogens is 361 g/mol. The van der Waals surface area contributed by atoms with Gasteiger partial charge in [-0.3, -0.25) is 19.9 Å². The summed E-state index contributed by atoms with van der Waals surface area (Å²) in [6.07, 6.45) is 1.16. The van der Waals surface area contributed by atoms with E-state index in [9.17, 15) is 14.0 Å². The van der Waals surface area contributed by atoms with Gasteiger partial charge in [-0.1, -0.05) is 20.3 Å². The van der Waals surface area contributed by atoms with Crippen molar-refractivity contribution in [2.75, 3.05) is 31.6 Å². The number of likely N-dealkylation sites (N-methyl/N-ethyl adjacent to an activating group) is 1. The van der Waals surface area contributed by atoms with Crippen molar-refractivity contribution in [3.05, 3.63) is 30.1 Å². The highest BCUT2D eigenvalue weighted by Gasteiger charge is 2.56. The molecule has 28 heavy (non-hydrogen) atoms. The van der Waals surface area contributed by atoms with Crippen LogP contribution in [-0.2, 0) is 4.79 Å². The maximum absolute atomic E-state index is 13.4. The van der Waals surface area contributed by atoms with Gasteiger partial charge in [-0.05, 0) is 36.6 Å². The van der Waals surface area contributed by atoms with Crippen LogP contribution < -0.4 is 10.2 Å². The van der Waals surface area contributed by atoms with Crippen molar-refractivity contribution in [3.8, 4) is 0 Å². The number of fused-ring (bicyclic) bond motifs is 3. The minimum Gasteiger partial charge on any atom is -0.343 e. The predicted molar refractivity (Wildman–Crippen MR) is 104 cm³/mol. The highest BCUT2D eigenvalue weighted by atomic mass is 19.1. The molecule has 3 fully saturated rings. The molecule has 3 aliphatic rings. The minimum atomic E-state index is -0.407. The number of benzene rings is 1. The number of amides is 3. The van der Waals surface area contributed by atoms with Crippen LogP contribution in [0.3, 0.4) is 0 Å². The van der Waals surface area contributed by atoms with E-state index in [-0.39, 0.29) is 30.2 Å². The molecule has 4 unspecified atom stereocenters. The Morgan fingerprint density at radius 1 is 1.18 bits per heavy atom. The monoisotopic (exact) mass is 389 g/mol. The van der Waals surface area contributed by atoms with Crippen LogP contribution in [0.25, 0.3) is 0 Å². The van der Waals surface area contributed by atoms with Gasteiger partial charge in [0.05, 0.1) is 0 Å². The van der Waals surface area contributed by atoms with Gasteiger partial charge in [0.2, 0.25) is 0 Å². The van der Waals surface area contributed by atoms with Crippen LogP contribution in [0, 0.1) is 11.7 Å². The fourth-order valence-electron chi connectivity index (χ4n) is 4.57. The standard InChI is InChI=1S/C20H28FN5O2/c1-4-5-10-24-18(27)16-17(23(3)20(24)28)22-19-25(11-13(2)12-26(16)19)15-8-6-14(21)7-9-15/h6-9,13,16-17,19,22H,4-5,10-12H2,1-3H3. The molecule has 3 saturated heterocycles. The third-order valence-corrected chi connectivity index (χ3v) is 5.98. The van der Waals surface area contributed by atoms with E-state index in [0.29, 0.717) is 12.5 Å². The first-order valence-electron chi connectivity index (χ1n) is 10.0. The number of hydrogen-bond acceptors (Lipinski definition) is 5. The number of hydrogen-bond donors (Lipinski definition) is 1. The number of nitrogens with one attached hydrogen (secondary N) is 1. The zero-order valence-electron chi connectivity index (χ0n) is 16.6. The van der Waals surface area contributed by atoms with Gasteiger partial charge in [-0.15, -0.1) is 0 Å². The second kappa shape index (κ2) is 7.33. The Balaban J connectivity index is 1.65. The quantitative estimate of drug-likeness (QED) is 0.852. The van der Waals surface area contributed by atoms with Gasteiger partial charge in [0.1, 0.15) is 24.3 Å². The van der Waals surface area contributed by atoms with E-state index < -0.39 is 6.04 Å². The number of anilines is 1. The Bertz CT molecular complexity index is 757. The number of rotatable bonds is 4. The van der Waals surface area contributed by atoms with Crippen molar-refractivity contribution >= 4 is 17.6 Å². The Morgan fingerprint density at radius 3 is 2.57 bits per heavy atom. The molecule has 0 saturated carbocycles. The number of unbranched alkanes of at least 4 members (excludes halogenated alkanes) is 1. The second-order valence-corrected chi connectivity index (χ2v) is 8.10. The minimum absolute atomic E-state index is 0.121. The topological polar surface area (TPSA) is 59.1 Å². The molecule has 3 heterocycles. The zero-order chi connectivity index (χ0) is 20.0. The lowest BCUT2D eigenvalue weighted by Gasteiger charge is -2.46. The van der Waals surface area contributed by atoms with E-state index in [1.54, 1.807) is 24.1 Å². The molecular formula is C20H28FN5O2. The normalized spacial score (nSPS) is 30.6. The van der Waals surface area contributed by atoms with Crippen LogP contribution in [0.2, 0.25) is 0 Å². The molecule has 0 spiro atoms. The van der Waals surface area contributed by atoms with Gasteiger partial charge in [0.15, 0.2) is 0 Å². The molecule has 8 heteroatoms. The Kier molecular flexibility index (Phi) is 5.01. The molecule has 1 N–H and O–H groups in total. The number of urea groups is 1. The van der Waals surface area contributed by atoms with Gasteiger partial charge in [-0.2, -0.15) is 0 Å². The van der Waals surface area contributed by atoms with E-state index in [1.807, 2.05) is 6.92 Å². The van der Waals surface area contributed by atoms with Crippen LogP contribution in [0.5, 0.6) is 0 Å². The Hall–Kier alpha value is -2.19. The van der Waals surface area contributed by atoms with Crippen LogP contribution >= 0.6 is 0 Å². The molecule has 1 aromatic carbocycles. The summed E-state index contributed by atoms with van der Waals surface area (Å²) in [6.45, 7) is 6.22. The first kappa shape index (κ1) is 19.1. The third kappa shape index (κ3) is 3.04. The van der Waals surface area contributed by atoms with Crippen molar-refractivity contribution in [2.45, 2.75) is 45.2 Å². The maximum Gasteiger partial charge on any atom is 0.327 e.